The number of aliphatic hydroxyl groups is 1. The number of amidine groups is 1. The lowest BCUT2D eigenvalue weighted by molar-refractivity contribution is 0.0127. The van der Waals surface area contributed by atoms with Gasteiger partial charge >= 0.3 is 0 Å². The van der Waals surface area contributed by atoms with Crippen molar-refractivity contribution in [2.45, 2.75) is 45.4 Å². The van der Waals surface area contributed by atoms with E-state index in [2.05, 4.69) is 4.99 Å². The molecule has 1 aromatic rings. The molecule has 0 bridgehead atoms. The number of aromatic nitrogens is 2. The van der Waals surface area contributed by atoms with Crippen molar-refractivity contribution < 1.29 is 14.6 Å². The molecule has 0 fully saturated rings. The Balaban J connectivity index is 2.00. The first-order valence-electron chi connectivity index (χ1n) is 8.44. The van der Waals surface area contributed by atoms with Gasteiger partial charge in [0.15, 0.2) is 5.84 Å². The van der Waals surface area contributed by atoms with Crippen molar-refractivity contribution in [3.05, 3.63) is 47.1 Å². The topological polar surface area (TPSA) is 94.9 Å². The first-order chi connectivity index (χ1) is 11.9. The van der Waals surface area contributed by atoms with Gasteiger partial charge in [0.25, 0.3) is 0 Å². The summed E-state index contributed by atoms with van der Waals surface area (Å²) in [5.74, 6) is 1.90. The van der Waals surface area contributed by atoms with E-state index in [4.69, 9.17) is 20.2 Å². The summed E-state index contributed by atoms with van der Waals surface area (Å²) in [4.78, 5) is 9.05. The van der Waals surface area contributed by atoms with Crippen molar-refractivity contribution in [2.75, 3.05) is 6.61 Å². The van der Waals surface area contributed by atoms with Crippen LogP contribution in [0.3, 0.4) is 0 Å². The highest BCUT2D eigenvalue weighted by Crippen LogP contribution is 2.46. The first-order valence-corrected chi connectivity index (χ1v) is 8.44. The molecule has 25 heavy (non-hydrogen) atoms. The van der Waals surface area contributed by atoms with Gasteiger partial charge in [0, 0.05) is 30.4 Å². The Hall–Kier alpha value is -2.38. The number of allylic oxidation sites excluding steroid dienone is 4. The molecule has 0 unspecified atom stereocenters. The number of imidazole rings is 1. The van der Waals surface area contributed by atoms with Gasteiger partial charge in [0.2, 0.25) is 0 Å². The van der Waals surface area contributed by atoms with Crippen molar-refractivity contribution in [3.8, 4) is 0 Å². The number of nitrogens with zero attached hydrogens (tertiary/aromatic N) is 3. The van der Waals surface area contributed by atoms with Crippen LogP contribution in [0.2, 0.25) is 0 Å². The Morgan fingerprint density at radius 2 is 2.28 bits per heavy atom. The smallest absolute Gasteiger partial charge is 0.151 e. The van der Waals surface area contributed by atoms with Gasteiger partial charge < -0.3 is 24.9 Å². The molecule has 3 aliphatic rings. The molecule has 0 aromatic carbocycles. The third-order valence-electron chi connectivity index (χ3n) is 4.77. The lowest BCUT2D eigenvalue weighted by Gasteiger charge is -2.38. The fourth-order valence-corrected chi connectivity index (χ4v) is 3.58. The summed E-state index contributed by atoms with van der Waals surface area (Å²) in [7, 11) is 0. The second-order valence-corrected chi connectivity index (χ2v) is 6.92. The van der Waals surface area contributed by atoms with Gasteiger partial charge in [-0.25, -0.2) is 9.98 Å². The lowest BCUT2D eigenvalue weighted by atomic mass is 9.86. The highest BCUT2D eigenvalue weighted by atomic mass is 16.5. The fraction of sp³-hybridized carbons (Fsp3) is 0.444. The molecule has 7 nitrogen and oxygen atoms in total. The molecule has 1 atom stereocenters. The summed E-state index contributed by atoms with van der Waals surface area (Å²) in [5.41, 5.74) is 8.53. The third kappa shape index (κ3) is 2.42. The Morgan fingerprint density at radius 1 is 1.48 bits per heavy atom. The van der Waals surface area contributed by atoms with E-state index in [0.29, 0.717) is 31.2 Å². The predicted molar refractivity (Wildman–Crippen MR) is 93.5 cm³/mol. The summed E-state index contributed by atoms with van der Waals surface area (Å²) >= 11 is 0. The van der Waals surface area contributed by atoms with Gasteiger partial charge in [-0.15, -0.1) is 0 Å². The number of rotatable bonds is 4. The van der Waals surface area contributed by atoms with Crippen molar-refractivity contribution in [3.63, 3.8) is 0 Å². The van der Waals surface area contributed by atoms with E-state index in [9.17, 15) is 5.11 Å². The molecule has 0 saturated heterocycles. The zero-order chi connectivity index (χ0) is 17.8. The maximum atomic E-state index is 10.8. The van der Waals surface area contributed by atoms with E-state index < -0.39 is 5.60 Å². The first kappa shape index (κ1) is 16.1. The number of hydrogen-bond donors (Lipinski definition) is 2. The predicted octanol–water partition coefficient (Wildman–Crippen LogP) is 1.99. The van der Waals surface area contributed by atoms with Crippen LogP contribution in [0.4, 0.5) is 0 Å². The minimum atomic E-state index is -0.972. The van der Waals surface area contributed by atoms with E-state index in [1.54, 1.807) is 26.3 Å². The van der Waals surface area contributed by atoms with Crippen LogP contribution in [0.25, 0.3) is 5.57 Å². The fourth-order valence-electron chi connectivity index (χ4n) is 3.58. The zero-order valence-electron chi connectivity index (χ0n) is 14.6. The Kier molecular flexibility index (Phi) is 3.59. The third-order valence-corrected chi connectivity index (χ3v) is 4.77. The van der Waals surface area contributed by atoms with Crippen molar-refractivity contribution in [2.24, 2.45) is 10.7 Å². The van der Waals surface area contributed by atoms with E-state index in [1.807, 2.05) is 17.6 Å². The minimum Gasteiger partial charge on any atom is -0.469 e. The Bertz CT molecular complexity index is 852. The van der Waals surface area contributed by atoms with E-state index in [0.717, 1.165) is 28.4 Å². The molecular weight excluding hydrogens is 320 g/mol. The van der Waals surface area contributed by atoms with Gasteiger partial charge in [-0.3, -0.25) is 0 Å². The monoisotopic (exact) mass is 342 g/mol. The lowest BCUT2D eigenvalue weighted by Crippen LogP contribution is -2.38. The van der Waals surface area contributed by atoms with Crippen LogP contribution in [0.15, 0.2) is 34.9 Å². The standard InChI is InChI=1S/C18H22N4O3/c1-4-24-9-13-21-15-16-14-10(8-20-17(15)19)5-6-25-11(14)7-12(22(13)16)18(2,3)23/h5-6,8,12,23H,4,7,9H2,1-3H3,(H2,19,20)/t12-/m0/s1. The van der Waals surface area contributed by atoms with E-state index in [1.165, 1.54) is 0 Å². The second-order valence-electron chi connectivity index (χ2n) is 6.92. The number of nitrogens with two attached hydrogens (primary N) is 1. The number of hydrogen-bond acceptors (Lipinski definition) is 6. The van der Waals surface area contributed by atoms with E-state index >= 15 is 0 Å². The van der Waals surface area contributed by atoms with Gasteiger partial charge in [-0.1, -0.05) is 0 Å². The van der Waals surface area contributed by atoms with E-state index in [-0.39, 0.29) is 6.04 Å². The number of ether oxygens (including phenoxy) is 2. The van der Waals surface area contributed by atoms with Crippen molar-refractivity contribution in [1.82, 2.24) is 9.55 Å². The molecule has 0 radical (unpaired) electrons. The maximum absolute atomic E-state index is 10.8. The average molecular weight is 342 g/mol. The molecule has 4 heterocycles. The summed E-state index contributed by atoms with van der Waals surface area (Å²) in [6.07, 6.45) is 5.81. The summed E-state index contributed by atoms with van der Waals surface area (Å²) in [6.45, 7) is 6.46. The Labute approximate surface area is 146 Å². The van der Waals surface area contributed by atoms with Crippen molar-refractivity contribution >= 4 is 11.4 Å². The molecule has 0 amide bonds. The van der Waals surface area contributed by atoms with Crippen molar-refractivity contribution in [1.29, 1.82) is 0 Å². The normalized spacial score (nSPS) is 21.4. The molecule has 3 N–H and O–H groups in total. The second kappa shape index (κ2) is 5.57. The van der Waals surface area contributed by atoms with Crippen LogP contribution in [-0.4, -0.2) is 32.7 Å². The van der Waals surface area contributed by atoms with Crippen LogP contribution in [0.1, 0.15) is 50.4 Å². The van der Waals surface area contributed by atoms with Crippen LogP contribution >= 0.6 is 0 Å². The van der Waals surface area contributed by atoms with Gasteiger partial charge in [0.1, 0.15) is 23.9 Å². The zero-order valence-corrected chi connectivity index (χ0v) is 14.6. The SMILES string of the molecule is CCOCc1nc2c3n1[C@H](C(C)(C)O)CC1=C3C(=CN=C2N)C=CO1. The largest absolute Gasteiger partial charge is 0.469 e. The molecule has 0 spiro atoms. The van der Waals surface area contributed by atoms with Gasteiger partial charge in [-0.05, 0) is 26.8 Å². The molecule has 0 saturated carbocycles. The quantitative estimate of drug-likeness (QED) is 0.872. The average Bonchev–Trinajstić information content (AvgIpc) is 2.89. The molecule has 4 rings (SSSR count). The highest BCUT2D eigenvalue weighted by molar-refractivity contribution is 6.04. The molecule has 0 aliphatic carbocycles. The molecule has 1 aromatic heterocycles. The summed E-state index contributed by atoms with van der Waals surface area (Å²) in [5, 5.41) is 10.8. The molecule has 132 valence electrons. The van der Waals surface area contributed by atoms with Crippen LogP contribution in [0, 0.1) is 0 Å². The van der Waals surface area contributed by atoms with Crippen LogP contribution < -0.4 is 5.73 Å². The minimum absolute atomic E-state index is 0.239. The molecular formula is C18H22N4O3. The van der Waals surface area contributed by atoms with Crippen LogP contribution in [0.5, 0.6) is 0 Å². The molecule has 7 heteroatoms. The maximum Gasteiger partial charge on any atom is 0.151 e. The van der Waals surface area contributed by atoms with Gasteiger partial charge in [-0.2, -0.15) is 0 Å². The van der Waals surface area contributed by atoms with Gasteiger partial charge in [0.05, 0.1) is 23.6 Å². The summed E-state index contributed by atoms with van der Waals surface area (Å²) < 4.78 is 13.4. The van der Waals surface area contributed by atoms with Crippen LogP contribution in [-0.2, 0) is 16.1 Å². The molecule has 3 aliphatic heterocycles. The number of aliphatic imine (C=N–C) groups is 1. The summed E-state index contributed by atoms with van der Waals surface area (Å²) in [6, 6.07) is -0.239. The highest BCUT2D eigenvalue weighted by Gasteiger charge is 2.42. The Morgan fingerprint density at radius 3 is 3.00 bits per heavy atom.